The quantitative estimate of drug-likeness (QED) is 0.593. The van der Waals surface area contributed by atoms with Crippen molar-refractivity contribution in [3.8, 4) is 0 Å². The summed E-state index contributed by atoms with van der Waals surface area (Å²) in [4.78, 5) is 7.13. The highest BCUT2D eigenvalue weighted by molar-refractivity contribution is 6.29. The molecule has 0 radical (unpaired) electrons. The molecule has 1 aliphatic rings. The van der Waals surface area contributed by atoms with Gasteiger partial charge in [0.15, 0.2) is 0 Å². The van der Waals surface area contributed by atoms with Crippen LogP contribution in [0.5, 0.6) is 0 Å². The monoisotopic (exact) mass is 202 g/mol. The summed E-state index contributed by atoms with van der Waals surface area (Å²) in [6, 6.07) is 2.95. The molecule has 0 saturated heterocycles. The lowest BCUT2D eigenvalue weighted by molar-refractivity contribution is 0.000440. The van der Waals surface area contributed by atoms with Crippen molar-refractivity contribution in [2.45, 2.75) is 5.92 Å². The van der Waals surface area contributed by atoms with Gasteiger partial charge in [-0.3, -0.25) is 4.99 Å². The average Bonchev–Trinajstić information content (AvgIpc) is 2.06. The molecule has 1 aliphatic heterocycles. The number of fused-ring (bicyclic) bond motifs is 1. The van der Waals surface area contributed by atoms with Gasteiger partial charge in [-0.1, -0.05) is 11.6 Å². The summed E-state index contributed by atoms with van der Waals surface area (Å²) < 4.78 is 26.3. The highest BCUT2D eigenvalue weighted by Crippen LogP contribution is 2.32. The number of rotatable bonds is 0. The Morgan fingerprint density at radius 2 is 2.15 bits per heavy atom. The topological polar surface area (TPSA) is 25.2 Å². The van der Waals surface area contributed by atoms with Crippen molar-refractivity contribution in [1.29, 1.82) is 0 Å². The summed E-state index contributed by atoms with van der Waals surface area (Å²) in [5, 5.41) is 0.0775. The Balaban J connectivity index is 2.62. The highest BCUT2D eigenvalue weighted by atomic mass is 35.5. The molecule has 0 saturated carbocycles. The van der Waals surface area contributed by atoms with Gasteiger partial charge in [-0.05, 0) is 12.1 Å². The zero-order valence-corrected chi connectivity index (χ0v) is 7.22. The van der Waals surface area contributed by atoms with Gasteiger partial charge < -0.3 is 0 Å². The molecular formula is C8H5ClF2N2. The summed E-state index contributed by atoms with van der Waals surface area (Å²) in [6.45, 7) is -0.548. The lowest BCUT2D eigenvalue weighted by Crippen LogP contribution is -2.24. The fourth-order valence-corrected chi connectivity index (χ4v) is 1.32. The van der Waals surface area contributed by atoms with Crippen LogP contribution in [0.2, 0.25) is 5.15 Å². The number of hydrogen-bond acceptors (Lipinski definition) is 2. The molecule has 0 aromatic carbocycles. The molecule has 2 heterocycles. The molecule has 0 atom stereocenters. The Bertz CT molecular complexity index is 376. The second kappa shape index (κ2) is 2.73. The van der Waals surface area contributed by atoms with Crippen LogP contribution in [0.1, 0.15) is 11.3 Å². The molecule has 2 nitrogen and oxygen atoms in total. The third-order valence-electron chi connectivity index (χ3n) is 1.76. The first kappa shape index (κ1) is 8.56. The van der Waals surface area contributed by atoms with E-state index in [1.54, 1.807) is 0 Å². The van der Waals surface area contributed by atoms with Crippen molar-refractivity contribution in [2.24, 2.45) is 4.99 Å². The first-order chi connectivity index (χ1) is 6.09. The fraction of sp³-hybridized carbons (Fsp3) is 0.250. The van der Waals surface area contributed by atoms with Crippen molar-refractivity contribution < 1.29 is 8.78 Å². The van der Waals surface area contributed by atoms with Gasteiger partial charge in [0, 0.05) is 11.8 Å². The largest absolute Gasteiger partial charge is 0.309 e. The molecule has 2 rings (SSSR count). The van der Waals surface area contributed by atoms with Crippen LogP contribution >= 0.6 is 11.6 Å². The lowest BCUT2D eigenvalue weighted by Gasteiger charge is -2.18. The van der Waals surface area contributed by atoms with E-state index in [2.05, 4.69) is 9.98 Å². The predicted octanol–water partition coefficient (Wildman–Crippen LogP) is 2.26. The van der Waals surface area contributed by atoms with E-state index in [0.717, 1.165) is 0 Å². The van der Waals surface area contributed by atoms with Crippen molar-refractivity contribution in [2.75, 3.05) is 6.54 Å². The van der Waals surface area contributed by atoms with E-state index in [4.69, 9.17) is 11.6 Å². The minimum Gasteiger partial charge on any atom is -0.286 e. The van der Waals surface area contributed by atoms with Crippen LogP contribution in [0.4, 0.5) is 8.78 Å². The number of nitrogens with zero attached hydrogens (tertiary/aromatic N) is 2. The molecule has 1 aromatic rings. The van der Waals surface area contributed by atoms with E-state index in [1.807, 2.05) is 0 Å². The summed E-state index contributed by atoms with van der Waals surface area (Å²) in [5.41, 5.74) is 0.0515. The molecule has 0 unspecified atom stereocenters. The van der Waals surface area contributed by atoms with Crippen molar-refractivity contribution >= 4 is 17.8 Å². The third-order valence-corrected chi connectivity index (χ3v) is 1.97. The zero-order chi connectivity index (χ0) is 9.47. The van der Waals surface area contributed by atoms with Crippen LogP contribution in [-0.2, 0) is 5.92 Å². The Labute approximate surface area is 78.3 Å². The molecule has 13 heavy (non-hydrogen) atoms. The van der Waals surface area contributed by atoms with E-state index < -0.39 is 12.5 Å². The van der Waals surface area contributed by atoms with Crippen LogP contribution < -0.4 is 0 Å². The summed E-state index contributed by atoms with van der Waals surface area (Å²) in [7, 11) is 0. The number of aromatic nitrogens is 1. The number of hydrogen-bond donors (Lipinski definition) is 0. The smallest absolute Gasteiger partial charge is 0.286 e. The number of pyridine rings is 1. The SMILES string of the molecule is FC1(F)CN=Cc2ccc(Cl)nc21. The molecule has 0 bridgehead atoms. The van der Waals surface area contributed by atoms with Crippen LogP contribution in [-0.4, -0.2) is 17.7 Å². The van der Waals surface area contributed by atoms with Crippen molar-refractivity contribution in [1.82, 2.24) is 4.98 Å². The van der Waals surface area contributed by atoms with Gasteiger partial charge in [0.25, 0.3) is 0 Å². The predicted molar refractivity (Wildman–Crippen MR) is 45.6 cm³/mol. The fourth-order valence-electron chi connectivity index (χ4n) is 1.18. The standard InChI is InChI=1S/C8H5ClF2N2/c9-6-2-1-5-3-12-4-8(10,11)7(5)13-6/h1-3H,4H2. The van der Waals surface area contributed by atoms with Crippen molar-refractivity contribution in [3.63, 3.8) is 0 Å². The average molecular weight is 203 g/mol. The van der Waals surface area contributed by atoms with Gasteiger partial charge in [0.2, 0.25) is 0 Å². The lowest BCUT2D eigenvalue weighted by atomic mass is 10.1. The van der Waals surface area contributed by atoms with Gasteiger partial charge >= 0.3 is 5.92 Å². The highest BCUT2D eigenvalue weighted by Gasteiger charge is 2.37. The Morgan fingerprint density at radius 3 is 2.92 bits per heavy atom. The number of alkyl halides is 2. The Kier molecular flexibility index (Phi) is 1.80. The number of aliphatic imine (C=N–C) groups is 1. The molecule has 5 heteroatoms. The third kappa shape index (κ3) is 1.42. The molecule has 0 amide bonds. The summed E-state index contributed by atoms with van der Waals surface area (Å²) in [5.74, 6) is -2.99. The molecule has 68 valence electrons. The minimum atomic E-state index is -2.99. The van der Waals surface area contributed by atoms with Gasteiger partial charge in [0.05, 0.1) is 0 Å². The van der Waals surface area contributed by atoms with Crippen LogP contribution in [0, 0.1) is 0 Å². The molecule has 0 fully saturated rings. The Hall–Kier alpha value is -1.03. The van der Waals surface area contributed by atoms with E-state index in [0.29, 0.717) is 5.56 Å². The van der Waals surface area contributed by atoms with Crippen LogP contribution in [0.3, 0.4) is 0 Å². The first-order valence-corrected chi connectivity index (χ1v) is 4.02. The second-order valence-electron chi connectivity index (χ2n) is 2.75. The van der Waals surface area contributed by atoms with Gasteiger partial charge in [-0.15, -0.1) is 0 Å². The van der Waals surface area contributed by atoms with E-state index in [1.165, 1.54) is 18.3 Å². The second-order valence-corrected chi connectivity index (χ2v) is 3.13. The zero-order valence-electron chi connectivity index (χ0n) is 6.47. The van der Waals surface area contributed by atoms with Crippen LogP contribution in [0.25, 0.3) is 0 Å². The molecule has 0 N–H and O–H groups in total. The molecule has 0 spiro atoms. The maximum Gasteiger partial charge on any atom is 0.309 e. The normalized spacial score (nSPS) is 18.4. The van der Waals surface area contributed by atoms with E-state index in [-0.39, 0.29) is 10.8 Å². The van der Waals surface area contributed by atoms with Gasteiger partial charge in [0.1, 0.15) is 17.4 Å². The van der Waals surface area contributed by atoms with Crippen LogP contribution in [0.15, 0.2) is 17.1 Å². The maximum atomic E-state index is 13.1. The van der Waals surface area contributed by atoms with E-state index >= 15 is 0 Å². The maximum absolute atomic E-state index is 13.1. The Morgan fingerprint density at radius 1 is 1.38 bits per heavy atom. The molecular weight excluding hydrogens is 198 g/mol. The number of halogens is 3. The van der Waals surface area contributed by atoms with Crippen molar-refractivity contribution in [3.05, 3.63) is 28.5 Å². The van der Waals surface area contributed by atoms with E-state index in [9.17, 15) is 8.78 Å². The summed E-state index contributed by atoms with van der Waals surface area (Å²) in [6.07, 6.45) is 1.38. The van der Waals surface area contributed by atoms with Gasteiger partial charge in [-0.25, -0.2) is 4.98 Å². The first-order valence-electron chi connectivity index (χ1n) is 3.64. The molecule has 1 aromatic heterocycles. The minimum absolute atomic E-state index is 0.0775. The molecule has 0 aliphatic carbocycles. The van der Waals surface area contributed by atoms with Gasteiger partial charge in [-0.2, -0.15) is 8.78 Å². The summed E-state index contributed by atoms with van der Waals surface area (Å²) >= 11 is 5.51.